The maximum absolute atomic E-state index is 9.65. The van der Waals surface area contributed by atoms with E-state index in [0.29, 0.717) is 0 Å². The molecule has 31 heavy (non-hydrogen) atoms. The predicted octanol–water partition coefficient (Wildman–Crippen LogP) is 3.05. The summed E-state index contributed by atoms with van der Waals surface area (Å²) in [7, 11) is 0. The summed E-state index contributed by atoms with van der Waals surface area (Å²) in [4.78, 5) is 25.7. The standard InChI is InChI=1S/C20H14N4.C3H7NO3/c1-2-14-10-16-5-6-18(23-16)12-20-8-7-19(24-20)11-17-4-3-15(22-17)9-13(1)21-14;4-2(1-5)3(6)7/h1-12,21-22H;2,5H,1,4H2,(H,6,7). The summed E-state index contributed by atoms with van der Waals surface area (Å²) >= 11 is 0. The van der Waals surface area contributed by atoms with Crippen LogP contribution in [-0.4, -0.2) is 48.8 Å². The third-order valence-electron chi connectivity index (χ3n) is 4.56. The molecule has 156 valence electrons. The molecule has 8 bridgehead atoms. The lowest BCUT2D eigenvalue weighted by Gasteiger charge is -1.96. The molecule has 1 unspecified atom stereocenters. The number of fused-ring (bicyclic) bond motifs is 8. The average molecular weight is 415 g/mol. The van der Waals surface area contributed by atoms with Gasteiger partial charge in [-0.15, -0.1) is 0 Å². The van der Waals surface area contributed by atoms with E-state index in [1.165, 1.54) is 0 Å². The Morgan fingerprint density at radius 2 is 1.16 bits per heavy atom. The van der Waals surface area contributed by atoms with Crippen LogP contribution in [0.1, 0.15) is 22.8 Å². The van der Waals surface area contributed by atoms with Crippen LogP contribution in [0.15, 0.2) is 48.5 Å². The van der Waals surface area contributed by atoms with Gasteiger partial charge in [-0.05, 0) is 72.8 Å². The minimum absolute atomic E-state index is 0.505. The molecular formula is C23H21N5O3. The highest BCUT2D eigenvalue weighted by atomic mass is 16.4. The van der Waals surface area contributed by atoms with Crippen LogP contribution in [0.5, 0.6) is 0 Å². The summed E-state index contributed by atoms with van der Waals surface area (Å²) in [6.07, 6.45) is 8.05. The van der Waals surface area contributed by atoms with Crippen LogP contribution in [0.4, 0.5) is 0 Å². The van der Waals surface area contributed by atoms with Crippen LogP contribution in [0.2, 0.25) is 0 Å². The highest BCUT2D eigenvalue weighted by molar-refractivity contribution is 5.77. The van der Waals surface area contributed by atoms with E-state index in [9.17, 15) is 4.79 Å². The number of nitrogens with zero attached hydrogens (tertiary/aromatic N) is 2. The number of aromatic amines is 2. The molecule has 2 aliphatic heterocycles. The van der Waals surface area contributed by atoms with Crippen molar-refractivity contribution in [3.05, 3.63) is 71.3 Å². The normalized spacial score (nSPS) is 12.8. The lowest BCUT2D eigenvalue weighted by atomic mass is 10.3. The number of aliphatic carboxylic acids is 1. The zero-order valence-electron chi connectivity index (χ0n) is 16.5. The third-order valence-corrected chi connectivity index (χ3v) is 4.56. The van der Waals surface area contributed by atoms with Crippen LogP contribution in [0.3, 0.4) is 0 Å². The number of carboxylic acid groups (broad SMARTS) is 1. The van der Waals surface area contributed by atoms with E-state index in [2.05, 4.69) is 50.3 Å². The number of carboxylic acids is 1. The van der Waals surface area contributed by atoms with Gasteiger partial charge in [-0.1, -0.05) is 0 Å². The predicted molar refractivity (Wildman–Crippen MR) is 122 cm³/mol. The van der Waals surface area contributed by atoms with Gasteiger partial charge in [-0.3, -0.25) is 4.79 Å². The highest BCUT2D eigenvalue weighted by Crippen LogP contribution is 2.17. The minimum atomic E-state index is -1.18. The van der Waals surface area contributed by atoms with Gasteiger partial charge < -0.3 is 25.9 Å². The summed E-state index contributed by atoms with van der Waals surface area (Å²) in [5, 5.41) is 15.9. The fraction of sp³-hybridized carbons (Fsp3) is 0.0870. The van der Waals surface area contributed by atoms with E-state index in [1.54, 1.807) is 0 Å². The number of nitrogens with one attached hydrogen (secondary N) is 2. The second-order valence-electron chi connectivity index (χ2n) is 7.03. The Labute approximate surface area is 177 Å². The van der Waals surface area contributed by atoms with E-state index in [-0.39, 0.29) is 0 Å². The highest BCUT2D eigenvalue weighted by Gasteiger charge is 2.07. The first-order valence-corrected chi connectivity index (χ1v) is 9.62. The molecule has 0 fully saturated rings. The van der Waals surface area contributed by atoms with Crippen molar-refractivity contribution in [2.75, 3.05) is 6.61 Å². The molecule has 0 aliphatic carbocycles. The number of nitrogens with two attached hydrogens (primary N) is 1. The van der Waals surface area contributed by atoms with E-state index in [1.807, 2.05) is 42.5 Å². The average Bonchev–Trinajstić information content (AvgIpc) is 3.53. The second-order valence-corrected chi connectivity index (χ2v) is 7.03. The monoisotopic (exact) mass is 415 g/mol. The van der Waals surface area contributed by atoms with Crippen molar-refractivity contribution in [2.24, 2.45) is 5.73 Å². The minimum Gasteiger partial charge on any atom is -0.480 e. The van der Waals surface area contributed by atoms with Crippen LogP contribution < -0.4 is 5.73 Å². The van der Waals surface area contributed by atoms with E-state index in [4.69, 9.17) is 15.9 Å². The van der Waals surface area contributed by atoms with Crippen molar-refractivity contribution in [3.63, 3.8) is 0 Å². The lowest BCUT2D eigenvalue weighted by Crippen LogP contribution is -2.33. The summed E-state index contributed by atoms with van der Waals surface area (Å²) in [5.74, 6) is -1.18. The van der Waals surface area contributed by atoms with Gasteiger partial charge in [0.1, 0.15) is 6.04 Å². The van der Waals surface area contributed by atoms with E-state index >= 15 is 0 Å². The Hall–Kier alpha value is -4.01. The van der Waals surface area contributed by atoms with Crippen molar-refractivity contribution in [1.82, 2.24) is 19.9 Å². The zero-order chi connectivity index (χ0) is 21.8. The number of hydrogen-bond acceptors (Lipinski definition) is 5. The summed E-state index contributed by atoms with van der Waals surface area (Å²) in [6.45, 7) is -0.505. The number of aliphatic hydroxyl groups excluding tert-OH is 1. The quantitative estimate of drug-likeness (QED) is 0.300. The van der Waals surface area contributed by atoms with Crippen LogP contribution in [0, 0.1) is 0 Å². The van der Waals surface area contributed by atoms with Crippen molar-refractivity contribution in [1.29, 1.82) is 0 Å². The van der Waals surface area contributed by atoms with E-state index in [0.717, 1.165) is 44.8 Å². The topological polar surface area (TPSA) is 141 Å². The maximum Gasteiger partial charge on any atom is 0.322 e. The molecule has 0 saturated carbocycles. The first-order chi connectivity index (χ1) is 15.0. The van der Waals surface area contributed by atoms with Crippen molar-refractivity contribution >= 4 is 52.3 Å². The Bertz CT molecular complexity index is 1240. The molecule has 6 N–H and O–H groups in total. The van der Waals surface area contributed by atoms with Gasteiger partial charge >= 0.3 is 5.97 Å². The van der Waals surface area contributed by atoms with Gasteiger partial charge in [0.2, 0.25) is 0 Å². The molecule has 2 aliphatic rings. The molecule has 0 amide bonds. The first-order valence-electron chi connectivity index (χ1n) is 9.62. The molecule has 8 nitrogen and oxygen atoms in total. The molecule has 0 radical (unpaired) electrons. The smallest absolute Gasteiger partial charge is 0.322 e. The molecule has 1 atom stereocenters. The van der Waals surface area contributed by atoms with Gasteiger partial charge in [0.05, 0.1) is 29.4 Å². The number of aromatic nitrogens is 4. The summed E-state index contributed by atoms with van der Waals surface area (Å²) < 4.78 is 0. The van der Waals surface area contributed by atoms with Crippen molar-refractivity contribution in [3.8, 4) is 0 Å². The van der Waals surface area contributed by atoms with Gasteiger partial charge in [0.25, 0.3) is 0 Å². The fourth-order valence-corrected chi connectivity index (χ4v) is 3.02. The fourth-order valence-electron chi connectivity index (χ4n) is 3.02. The zero-order valence-corrected chi connectivity index (χ0v) is 16.5. The van der Waals surface area contributed by atoms with Crippen LogP contribution in [-0.2, 0) is 4.79 Å². The molecule has 8 heteroatoms. The second kappa shape index (κ2) is 8.78. The summed E-state index contributed by atoms with van der Waals surface area (Å²) in [5.41, 5.74) is 12.6. The van der Waals surface area contributed by atoms with Gasteiger partial charge in [0.15, 0.2) is 0 Å². The SMILES string of the molecule is C1=Cc2cc3ccc(cc4ccc(cc5nc(cc1n2)C=C5)[nH]4)[nH]3.NC(CO)C(=O)O. The van der Waals surface area contributed by atoms with Gasteiger partial charge in [0, 0.05) is 22.1 Å². The number of rotatable bonds is 2. The number of carbonyl (C=O) groups is 1. The van der Waals surface area contributed by atoms with Crippen LogP contribution >= 0.6 is 0 Å². The molecule has 0 aromatic carbocycles. The molecule has 3 aromatic heterocycles. The Balaban J connectivity index is 0.000000289. The first kappa shape index (κ1) is 20.3. The Morgan fingerprint density at radius 1 is 0.774 bits per heavy atom. The third kappa shape index (κ3) is 5.13. The Kier molecular flexibility index (Phi) is 5.74. The molecule has 0 spiro atoms. The van der Waals surface area contributed by atoms with Crippen LogP contribution in [0.25, 0.3) is 46.4 Å². The molecule has 0 saturated heterocycles. The lowest BCUT2D eigenvalue weighted by molar-refractivity contribution is -0.139. The number of aliphatic hydroxyl groups is 1. The largest absolute Gasteiger partial charge is 0.480 e. The molecule has 3 aromatic rings. The van der Waals surface area contributed by atoms with Gasteiger partial charge in [-0.2, -0.15) is 0 Å². The summed E-state index contributed by atoms with van der Waals surface area (Å²) in [6, 6.07) is 15.3. The Morgan fingerprint density at radius 3 is 1.52 bits per heavy atom. The molecule has 5 heterocycles. The molecule has 5 rings (SSSR count). The van der Waals surface area contributed by atoms with E-state index < -0.39 is 18.6 Å². The van der Waals surface area contributed by atoms with Crippen molar-refractivity contribution in [2.45, 2.75) is 6.04 Å². The van der Waals surface area contributed by atoms with Crippen molar-refractivity contribution < 1.29 is 15.0 Å². The number of hydrogen-bond donors (Lipinski definition) is 5. The number of H-pyrrole nitrogens is 2. The van der Waals surface area contributed by atoms with Gasteiger partial charge in [-0.25, -0.2) is 9.97 Å². The maximum atomic E-state index is 9.65. The molecular weight excluding hydrogens is 394 g/mol.